The third-order valence-electron chi connectivity index (χ3n) is 3.22. The molecule has 19 heavy (non-hydrogen) atoms. The summed E-state index contributed by atoms with van der Waals surface area (Å²) in [6.07, 6.45) is 4.77. The second-order valence-corrected chi connectivity index (χ2v) is 5.43. The minimum absolute atomic E-state index is 0. The van der Waals surface area contributed by atoms with Crippen LogP contribution in [0, 0.1) is 5.92 Å². The van der Waals surface area contributed by atoms with E-state index in [4.69, 9.17) is 5.11 Å². The van der Waals surface area contributed by atoms with E-state index in [0.29, 0.717) is 18.5 Å². The zero-order chi connectivity index (χ0) is 13.5. The number of nitrogens with one attached hydrogen (secondary N) is 1. The van der Waals surface area contributed by atoms with Crippen LogP contribution in [0.2, 0.25) is 0 Å². The van der Waals surface area contributed by atoms with Crippen LogP contribution in [0.4, 0.5) is 0 Å². The van der Waals surface area contributed by atoms with E-state index < -0.39 is 5.97 Å². The Labute approximate surface area is 121 Å². The van der Waals surface area contributed by atoms with Crippen LogP contribution in [0.3, 0.4) is 0 Å². The van der Waals surface area contributed by atoms with Gasteiger partial charge in [0.25, 0.3) is 0 Å². The van der Waals surface area contributed by atoms with Crippen LogP contribution >= 0.6 is 12.4 Å². The van der Waals surface area contributed by atoms with Crippen LogP contribution in [-0.4, -0.2) is 47.6 Å². The molecule has 0 radical (unpaired) electrons. The number of carbonyl (C=O) groups excluding carboxylic acids is 1. The van der Waals surface area contributed by atoms with Crippen molar-refractivity contribution in [2.45, 2.75) is 45.6 Å². The Kier molecular flexibility index (Phi) is 8.76. The fourth-order valence-electron chi connectivity index (χ4n) is 2.50. The summed E-state index contributed by atoms with van der Waals surface area (Å²) in [7, 11) is 0. The lowest BCUT2D eigenvalue weighted by molar-refractivity contribution is -0.138. The summed E-state index contributed by atoms with van der Waals surface area (Å²) in [6.45, 7) is 5.19. The molecule has 1 amide bonds. The standard InChI is InChI=1S/C13H24N2O3.ClH/c1-10(2)8-15(11-5-3-4-6-11)9-12(16)14-7-13(17)18;/h10-11H,3-9H2,1-2H3,(H,14,16)(H,17,18);1H. The molecule has 0 heterocycles. The van der Waals surface area contributed by atoms with Gasteiger partial charge < -0.3 is 10.4 Å². The molecule has 2 N–H and O–H groups in total. The van der Waals surface area contributed by atoms with E-state index in [1.54, 1.807) is 0 Å². The Morgan fingerprint density at radius 3 is 2.37 bits per heavy atom. The van der Waals surface area contributed by atoms with Crippen LogP contribution < -0.4 is 5.32 Å². The molecule has 0 aromatic heterocycles. The highest BCUT2D eigenvalue weighted by Crippen LogP contribution is 2.23. The van der Waals surface area contributed by atoms with Crippen LogP contribution in [0.25, 0.3) is 0 Å². The molecule has 0 spiro atoms. The van der Waals surface area contributed by atoms with Crippen molar-refractivity contribution in [3.63, 3.8) is 0 Å². The Balaban J connectivity index is 0.00000324. The zero-order valence-electron chi connectivity index (χ0n) is 11.7. The van der Waals surface area contributed by atoms with Crippen molar-refractivity contribution in [3.8, 4) is 0 Å². The van der Waals surface area contributed by atoms with Crippen molar-refractivity contribution in [1.29, 1.82) is 0 Å². The Morgan fingerprint density at radius 1 is 1.32 bits per heavy atom. The number of aliphatic carboxylic acids is 1. The Morgan fingerprint density at radius 2 is 1.89 bits per heavy atom. The first-order valence-electron chi connectivity index (χ1n) is 6.71. The highest BCUT2D eigenvalue weighted by atomic mass is 35.5. The molecule has 0 saturated heterocycles. The van der Waals surface area contributed by atoms with Crippen molar-refractivity contribution in [1.82, 2.24) is 10.2 Å². The molecule has 0 aromatic rings. The molecule has 1 aliphatic rings. The van der Waals surface area contributed by atoms with E-state index in [1.165, 1.54) is 12.8 Å². The van der Waals surface area contributed by atoms with Gasteiger partial charge in [0.05, 0.1) is 6.54 Å². The summed E-state index contributed by atoms with van der Waals surface area (Å²) >= 11 is 0. The molecule has 1 fully saturated rings. The average molecular weight is 293 g/mol. The Hall–Kier alpha value is -0.810. The number of carbonyl (C=O) groups is 2. The lowest BCUT2D eigenvalue weighted by atomic mass is 10.1. The molecule has 0 unspecified atom stereocenters. The van der Waals surface area contributed by atoms with Crippen LogP contribution in [0.15, 0.2) is 0 Å². The third-order valence-corrected chi connectivity index (χ3v) is 3.22. The summed E-state index contributed by atoms with van der Waals surface area (Å²) in [6, 6.07) is 0.489. The number of halogens is 1. The first kappa shape index (κ1) is 18.2. The maximum Gasteiger partial charge on any atom is 0.322 e. The van der Waals surface area contributed by atoms with Gasteiger partial charge in [0.15, 0.2) is 0 Å². The van der Waals surface area contributed by atoms with Gasteiger partial charge in [-0.1, -0.05) is 26.7 Å². The highest BCUT2D eigenvalue weighted by molar-refractivity contribution is 5.85. The van der Waals surface area contributed by atoms with Gasteiger partial charge in [-0.15, -0.1) is 12.4 Å². The fraction of sp³-hybridized carbons (Fsp3) is 0.846. The molecule has 112 valence electrons. The lowest BCUT2D eigenvalue weighted by Gasteiger charge is -2.29. The van der Waals surface area contributed by atoms with Crippen molar-refractivity contribution < 1.29 is 14.7 Å². The molecule has 0 atom stereocenters. The average Bonchev–Trinajstić information content (AvgIpc) is 2.78. The molecule has 1 saturated carbocycles. The van der Waals surface area contributed by atoms with Crippen LogP contribution in [0.1, 0.15) is 39.5 Å². The van der Waals surface area contributed by atoms with Crippen molar-refractivity contribution in [2.75, 3.05) is 19.6 Å². The number of carboxylic acid groups (broad SMARTS) is 1. The van der Waals surface area contributed by atoms with Gasteiger partial charge in [-0.3, -0.25) is 14.5 Å². The monoisotopic (exact) mass is 292 g/mol. The summed E-state index contributed by atoms with van der Waals surface area (Å²) in [5.74, 6) is -0.678. The summed E-state index contributed by atoms with van der Waals surface area (Å²) < 4.78 is 0. The van der Waals surface area contributed by atoms with Gasteiger partial charge in [-0.25, -0.2) is 0 Å². The summed E-state index contributed by atoms with van der Waals surface area (Å²) in [4.78, 5) is 24.3. The van der Waals surface area contributed by atoms with E-state index in [0.717, 1.165) is 19.4 Å². The van der Waals surface area contributed by atoms with E-state index in [1.807, 2.05) is 0 Å². The van der Waals surface area contributed by atoms with Crippen molar-refractivity contribution in [3.05, 3.63) is 0 Å². The highest BCUT2D eigenvalue weighted by Gasteiger charge is 2.24. The third kappa shape index (κ3) is 7.38. The number of hydrogen-bond donors (Lipinski definition) is 2. The van der Waals surface area contributed by atoms with E-state index >= 15 is 0 Å². The fourth-order valence-corrected chi connectivity index (χ4v) is 2.50. The Bertz CT molecular complexity index is 292. The summed E-state index contributed by atoms with van der Waals surface area (Å²) in [5, 5.41) is 11.0. The molecular formula is C13H25ClN2O3. The summed E-state index contributed by atoms with van der Waals surface area (Å²) in [5.41, 5.74) is 0. The largest absolute Gasteiger partial charge is 0.480 e. The predicted octanol–water partition coefficient (Wildman–Crippen LogP) is 1.51. The molecule has 1 aliphatic carbocycles. The molecule has 1 rings (SSSR count). The molecule has 6 heteroatoms. The molecule has 0 bridgehead atoms. The minimum Gasteiger partial charge on any atom is -0.480 e. The first-order valence-corrected chi connectivity index (χ1v) is 6.71. The van der Waals surface area contributed by atoms with E-state index in [2.05, 4.69) is 24.1 Å². The number of nitrogens with zero attached hydrogens (tertiary/aromatic N) is 1. The molecule has 0 aliphatic heterocycles. The number of rotatable bonds is 7. The maximum absolute atomic E-state index is 11.7. The molecule has 0 aromatic carbocycles. The van der Waals surface area contributed by atoms with Gasteiger partial charge in [-0.2, -0.15) is 0 Å². The number of hydrogen-bond acceptors (Lipinski definition) is 3. The maximum atomic E-state index is 11.7. The topological polar surface area (TPSA) is 69.6 Å². The van der Waals surface area contributed by atoms with Gasteiger partial charge in [0, 0.05) is 12.6 Å². The SMILES string of the molecule is CC(C)CN(CC(=O)NCC(=O)O)C1CCCC1.Cl. The quantitative estimate of drug-likeness (QED) is 0.746. The van der Waals surface area contributed by atoms with E-state index in [9.17, 15) is 9.59 Å². The smallest absolute Gasteiger partial charge is 0.322 e. The predicted molar refractivity (Wildman–Crippen MR) is 76.6 cm³/mol. The molecular weight excluding hydrogens is 268 g/mol. The van der Waals surface area contributed by atoms with Crippen molar-refractivity contribution in [2.24, 2.45) is 5.92 Å². The lowest BCUT2D eigenvalue weighted by Crippen LogP contribution is -2.44. The van der Waals surface area contributed by atoms with Crippen LogP contribution in [-0.2, 0) is 9.59 Å². The second kappa shape index (κ2) is 9.15. The van der Waals surface area contributed by atoms with Gasteiger partial charge in [-0.05, 0) is 18.8 Å². The van der Waals surface area contributed by atoms with Crippen molar-refractivity contribution >= 4 is 24.3 Å². The second-order valence-electron chi connectivity index (χ2n) is 5.43. The van der Waals surface area contributed by atoms with Gasteiger partial charge in [0.1, 0.15) is 6.54 Å². The normalized spacial score (nSPS) is 15.6. The van der Waals surface area contributed by atoms with Crippen LogP contribution in [0.5, 0.6) is 0 Å². The number of carboxylic acids is 1. The van der Waals surface area contributed by atoms with Gasteiger partial charge in [0.2, 0.25) is 5.91 Å². The van der Waals surface area contributed by atoms with Gasteiger partial charge >= 0.3 is 5.97 Å². The zero-order valence-corrected chi connectivity index (χ0v) is 12.5. The van der Waals surface area contributed by atoms with E-state index in [-0.39, 0.29) is 24.9 Å². The minimum atomic E-state index is -1.00. The number of amides is 1. The first-order chi connectivity index (χ1) is 8.49. The molecule has 5 nitrogen and oxygen atoms in total.